The van der Waals surface area contributed by atoms with Crippen molar-refractivity contribution in [1.29, 1.82) is 0 Å². The lowest BCUT2D eigenvalue weighted by Gasteiger charge is -2.15. The van der Waals surface area contributed by atoms with Crippen LogP contribution in [0.15, 0.2) is 23.0 Å². The minimum absolute atomic E-state index is 0.278. The van der Waals surface area contributed by atoms with E-state index in [1.54, 1.807) is 0 Å². The van der Waals surface area contributed by atoms with Gasteiger partial charge in [0.05, 0.1) is 5.39 Å². The molecule has 0 amide bonds. The molecular formula is C20H22N2O3S. The van der Waals surface area contributed by atoms with Crippen LogP contribution in [0.1, 0.15) is 41.7 Å². The number of carboxylic acids is 1. The average Bonchev–Trinajstić information content (AvgIpc) is 2.92. The van der Waals surface area contributed by atoms with Gasteiger partial charge >= 0.3 is 5.97 Å². The molecule has 2 aromatic heterocycles. The maximum atomic E-state index is 13.3. The molecule has 2 heterocycles. The second kappa shape index (κ2) is 6.68. The highest BCUT2D eigenvalue weighted by Gasteiger charge is 2.24. The second-order valence-electron chi connectivity index (χ2n) is 6.58. The van der Waals surface area contributed by atoms with Gasteiger partial charge in [0.25, 0.3) is 5.56 Å². The molecule has 1 aromatic carbocycles. The smallest absolute Gasteiger partial charge is 0.326 e. The van der Waals surface area contributed by atoms with Gasteiger partial charge < -0.3 is 5.11 Å². The lowest BCUT2D eigenvalue weighted by molar-refractivity contribution is -0.140. The van der Waals surface area contributed by atoms with Gasteiger partial charge in [-0.3, -0.25) is 9.36 Å². The van der Waals surface area contributed by atoms with Crippen LogP contribution >= 0.6 is 11.3 Å². The van der Waals surface area contributed by atoms with Crippen molar-refractivity contribution in [2.75, 3.05) is 0 Å². The molecule has 0 aliphatic rings. The van der Waals surface area contributed by atoms with Crippen molar-refractivity contribution in [1.82, 2.24) is 9.55 Å². The van der Waals surface area contributed by atoms with E-state index >= 15 is 0 Å². The standard InChI is InChI=1S/C20H22N2O3S/c1-6-15-21-18-17(19(23)22(15)12(4)20(24)25)16(13(5)26-18)14-8-7-10(2)11(3)9-14/h7-9,12H,6H2,1-5H3,(H,24,25). The quantitative estimate of drug-likeness (QED) is 0.745. The summed E-state index contributed by atoms with van der Waals surface area (Å²) in [5.74, 6) is -0.534. The minimum Gasteiger partial charge on any atom is -0.480 e. The Morgan fingerprint density at radius 2 is 1.96 bits per heavy atom. The first-order chi connectivity index (χ1) is 12.3. The summed E-state index contributed by atoms with van der Waals surface area (Å²) < 4.78 is 1.32. The maximum absolute atomic E-state index is 13.3. The fourth-order valence-electron chi connectivity index (χ4n) is 3.22. The third kappa shape index (κ3) is 2.84. The Kier molecular flexibility index (Phi) is 4.71. The monoisotopic (exact) mass is 370 g/mol. The highest BCUT2D eigenvalue weighted by atomic mass is 32.1. The van der Waals surface area contributed by atoms with Gasteiger partial charge in [0.2, 0.25) is 0 Å². The molecule has 0 spiro atoms. The average molecular weight is 370 g/mol. The fraction of sp³-hybridized carbons (Fsp3) is 0.350. The number of benzene rings is 1. The van der Waals surface area contributed by atoms with Crippen molar-refractivity contribution in [3.63, 3.8) is 0 Å². The zero-order valence-electron chi connectivity index (χ0n) is 15.6. The van der Waals surface area contributed by atoms with Gasteiger partial charge in [0.1, 0.15) is 16.7 Å². The topological polar surface area (TPSA) is 72.2 Å². The predicted molar refractivity (Wildman–Crippen MR) is 105 cm³/mol. The van der Waals surface area contributed by atoms with Gasteiger partial charge in [-0.15, -0.1) is 11.3 Å². The number of carboxylic acid groups (broad SMARTS) is 1. The second-order valence-corrected chi connectivity index (χ2v) is 7.79. The summed E-state index contributed by atoms with van der Waals surface area (Å²) in [5, 5.41) is 9.94. The van der Waals surface area contributed by atoms with Crippen LogP contribution in [0.25, 0.3) is 21.3 Å². The van der Waals surface area contributed by atoms with Crippen LogP contribution < -0.4 is 5.56 Å². The molecule has 3 rings (SSSR count). The van der Waals surface area contributed by atoms with Crippen LogP contribution in [-0.2, 0) is 11.2 Å². The van der Waals surface area contributed by atoms with Crippen molar-refractivity contribution < 1.29 is 9.90 Å². The van der Waals surface area contributed by atoms with Gasteiger partial charge in [0, 0.05) is 16.9 Å². The van der Waals surface area contributed by atoms with Crippen LogP contribution in [0, 0.1) is 20.8 Å². The zero-order valence-corrected chi connectivity index (χ0v) is 16.4. The Morgan fingerprint density at radius 3 is 2.54 bits per heavy atom. The number of thiophene rings is 1. The molecule has 0 bridgehead atoms. The molecule has 1 unspecified atom stereocenters. The number of nitrogens with zero attached hydrogens (tertiary/aromatic N) is 2. The van der Waals surface area contributed by atoms with E-state index in [2.05, 4.69) is 11.1 Å². The maximum Gasteiger partial charge on any atom is 0.326 e. The van der Waals surface area contributed by atoms with E-state index < -0.39 is 12.0 Å². The largest absolute Gasteiger partial charge is 0.480 e. The molecule has 0 saturated carbocycles. The van der Waals surface area contributed by atoms with Gasteiger partial charge in [0.15, 0.2) is 0 Å². The molecule has 0 aliphatic carbocycles. The summed E-state index contributed by atoms with van der Waals surface area (Å²) in [7, 11) is 0. The first kappa shape index (κ1) is 18.3. The van der Waals surface area contributed by atoms with E-state index in [1.165, 1.54) is 28.4 Å². The molecule has 0 radical (unpaired) electrons. The summed E-state index contributed by atoms with van der Waals surface area (Å²) in [6, 6.07) is 5.17. The lowest BCUT2D eigenvalue weighted by Crippen LogP contribution is -2.31. The normalized spacial score (nSPS) is 12.5. The van der Waals surface area contributed by atoms with Crippen LogP contribution in [0.4, 0.5) is 0 Å². The summed E-state index contributed by atoms with van der Waals surface area (Å²) >= 11 is 1.48. The first-order valence-corrected chi connectivity index (χ1v) is 9.42. The van der Waals surface area contributed by atoms with Crippen molar-refractivity contribution in [3.05, 3.63) is 50.4 Å². The number of aromatic nitrogens is 2. The number of hydrogen-bond acceptors (Lipinski definition) is 4. The first-order valence-electron chi connectivity index (χ1n) is 8.61. The molecule has 5 nitrogen and oxygen atoms in total. The number of rotatable bonds is 4. The molecule has 6 heteroatoms. The molecule has 0 aliphatic heterocycles. The molecule has 26 heavy (non-hydrogen) atoms. The Morgan fingerprint density at radius 1 is 1.27 bits per heavy atom. The molecule has 1 atom stereocenters. The van der Waals surface area contributed by atoms with E-state index in [9.17, 15) is 14.7 Å². The van der Waals surface area contributed by atoms with E-state index in [1.807, 2.05) is 39.8 Å². The Bertz CT molecular complexity index is 1080. The van der Waals surface area contributed by atoms with E-state index in [4.69, 9.17) is 0 Å². The predicted octanol–water partition coefficient (Wildman–Crippen LogP) is 4.26. The number of hydrogen-bond donors (Lipinski definition) is 1. The van der Waals surface area contributed by atoms with E-state index in [0.29, 0.717) is 22.5 Å². The van der Waals surface area contributed by atoms with Gasteiger partial charge in [-0.1, -0.05) is 25.1 Å². The molecule has 3 aromatic rings. The van der Waals surface area contributed by atoms with E-state index in [0.717, 1.165) is 21.6 Å². The van der Waals surface area contributed by atoms with Gasteiger partial charge in [-0.25, -0.2) is 9.78 Å². The molecule has 0 saturated heterocycles. The van der Waals surface area contributed by atoms with Crippen molar-refractivity contribution >= 4 is 27.5 Å². The fourth-order valence-corrected chi connectivity index (χ4v) is 4.27. The number of aliphatic carboxylic acids is 1. The Hall–Kier alpha value is -2.47. The minimum atomic E-state index is -1.04. The summed E-state index contributed by atoms with van der Waals surface area (Å²) in [6.07, 6.45) is 0.499. The summed E-state index contributed by atoms with van der Waals surface area (Å²) in [5.41, 5.74) is 3.89. The third-order valence-electron chi connectivity index (χ3n) is 4.86. The highest BCUT2D eigenvalue weighted by Crippen LogP contribution is 2.36. The molecular weight excluding hydrogens is 348 g/mol. The third-order valence-corrected chi connectivity index (χ3v) is 5.86. The number of fused-ring (bicyclic) bond motifs is 1. The number of carbonyl (C=O) groups is 1. The molecule has 1 N–H and O–H groups in total. The zero-order chi connectivity index (χ0) is 19.2. The Labute approximate surface area is 155 Å². The van der Waals surface area contributed by atoms with Crippen LogP contribution in [0.5, 0.6) is 0 Å². The molecule has 0 fully saturated rings. The summed E-state index contributed by atoms with van der Waals surface area (Å²) in [6.45, 7) is 9.47. The van der Waals surface area contributed by atoms with Crippen LogP contribution in [0.3, 0.4) is 0 Å². The summed E-state index contributed by atoms with van der Waals surface area (Å²) in [4.78, 5) is 31.1. The van der Waals surface area contributed by atoms with Crippen LogP contribution in [0.2, 0.25) is 0 Å². The lowest BCUT2D eigenvalue weighted by atomic mass is 9.99. The Balaban J connectivity index is 2.40. The van der Waals surface area contributed by atoms with Crippen LogP contribution in [-0.4, -0.2) is 20.6 Å². The number of aryl methyl sites for hydroxylation is 4. The molecule has 136 valence electrons. The van der Waals surface area contributed by atoms with Crippen molar-refractivity contribution in [2.24, 2.45) is 0 Å². The highest BCUT2D eigenvalue weighted by molar-refractivity contribution is 7.19. The van der Waals surface area contributed by atoms with Gasteiger partial charge in [-0.05, 0) is 44.4 Å². The van der Waals surface area contributed by atoms with Crippen molar-refractivity contribution in [3.8, 4) is 11.1 Å². The van der Waals surface area contributed by atoms with Gasteiger partial charge in [-0.2, -0.15) is 0 Å². The van der Waals surface area contributed by atoms with E-state index in [-0.39, 0.29) is 5.56 Å². The SMILES string of the molecule is CCc1nc2sc(C)c(-c3ccc(C)c(C)c3)c2c(=O)n1C(C)C(=O)O. The van der Waals surface area contributed by atoms with Crippen molar-refractivity contribution in [2.45, 2.75) is 47.1 Å².